The van der Waals surface area contributed by atoms with Crippen LogP contribution in [0.3, 0.4) is 0 Å². The van der Waals surface area contributed by atoms with Crippen molar-refractivity contribution in [3.63, 3.8) is 0 Å². The number of carbonyl (C=O) groups is 2. The largest absolute Gasteiger partial charge is 0.485 e. The molecule has 2 heterocycles. The molecule has 0 aliphatic carbocycles. The highest BCUT2D eigenvalue weighted by Crippen LogP contribution is 2.32. The molecule has 0 aromatic heterocycles. The molecule has 3 rings (SSSR count). The Hall–Kier alpha value is -2.24. The smallest absolute Gasteiger partial charge is 0.267 e. The van der Waals surface area contributed by atoms with Crippen LogP contribution in [0.1, 0.15) is 26.7 Å². The second kappa shape index (κ2) is 7.11. The fourth-order valence-corrected chi connectivity index (χ4v) is 3.36. The van der Waals surface area contributed by atoms with Gasteiger partial charge in [-0.15, -0.1) is 0 Å². The molecule has 2 amide bonds. The van der Waals surface area contributed by atoms with Crippen LogP contribution in [-0.2, 0) is 9.59 Å². The summed E-state index contributed by atoms with van der Waals surface area (Å²) in [6, 6.07) is 6.94. The average molecular weight is 332 g/mol. The molecule has 0 radical (unpaired) electrons. The summed E-state index contributed by atoms with van der Waals surface area (Å²) in [5, 5.41) is 0. The molecule has 2 aliphatic heterocycles. The lowest BCUT2D eigenvalue weighted by molar-refractivity contribution is -0.149. The van der Waals surface area contributed by atoms with Gasteiger partial charge < -0.3 is 19.3 Å². The van der Waals surface area contributed by atoms with Crippen LogP contribution < -0.4 is 9.47 Å². The maximum Gasteiger partial charge on any atom is 0.267 e. The Morgan fingerprint density at radius 2 is 1.92 bits per heavy atom. The van der Waals surface area contributed by atoms with E-state index in [2.05, 4.69) is 0 Å². The van der Waals surface area contributed by atoms with Crippen LogP contribution in [0.5, 0.6) is 11.5 Å². The summed E-state index contributed by atoms with van der Waals surface area (Å²) in [4.78, 5) is 29.0. The van der Waals surface area contributed by atoms with Gasteiger partial charge in [-0.3, -0.25) is 9.59 Å². The lowest BCUT2D eigenvalue weighted by Gasteiger charge is -2.33. The average Bonchev–Trinajstić information content (AvgIpc) is 3.11. The number of fused-ring (bicyclic) bond motifs is 1. The van der Waals surface area contributed by atoms with Crippen molar-refractivity contribution in [1.29, 1.82) is 0 Å². The number of ether oxygens (including phenoxy) is 2. The number of hydrogen-bond acceptors (Lipinski definition) is 4. The fraction of sp³-hybridized carbons (Fsp3) is 0.556. The Morgan fingerprint density at radius 3 is 2.62 bits per heavy atom. The lowest BCUT2D eigenvalue weighted by atomic mass is 10.1. The molecule has 1 aromatic rings. The first-order valence-electron chi connectivity index (χ1n) is 8.63. The van der Waals surface area contributed by atoms with Crippen LogP contribution in [0.4, 0.5) is 0 Å². The van der Waals surface area contributed by atoms with E-state index in [9.17, 15) is 9.59 Å². The van der Waals surface area contributed by atoms with Gasteiger partial charge in [-0.1, -0.05) is 12.1 Å². The Balaban J connectivity index is 1.71. The second-order valence-electron chi connectivity index (χ2n) is 6.06. The number of nitrogens with zero attached hydrogens (tertiary/aromatic N) is 2. The van der Waals surface area contributed by atoms with Gasteiger partial charge in [0, 0.05) is 19.6 Å². The molecule has 6 heteroatoms. The van der Waals surface area contributed by atoms with E-state index in [1.165, 1.54) is 0 Å². The summed E-state index contributed by atoms with van der Waals surface area (Å²) in [6.45, 7) is 6.00. The molecule has 0 saturated carbocycles. The van der Waals surface area contributed by atoms with Crippen molar-refractivity contribution < 1.29 is 19.1 Å². The zero-order chi connectivity index (χ0) is 17.1. The molecular formula is C18H24N2O4. The van der Waals surface area contributed by atoms with Gasteiger partial charge in [0.15, 0.2) is 11.5 Å². The number of likely N-dealkylation sites (N-methyl/N-ethyl adjacent to an activating group) is 1. The lowest BCUT2D eigenvalue weighted by Crippen LogP contribution is -2.53. The summed E-state index contributed by atoms with van der Waals surface area (Å²) in [5.74, 6) is 1.10. The molecule has 24 heavy (non-hydrogen) atoms. The Morgan fingerprint density at radius 1 is 1.21 bits per heavy atom. The molecule has 0 unspecified atom stereocenters. The van der Waals surface area contributed by atoms with E-state index >= 15 is 0 Å². The van der Waals surface area contributed by atoms with Gasteiger partial charge in [0.25, 0.3) is 5.91 Å². The molecule has 0 spiro atoms. The number of likely N-dealkylation sites (tertiary alicyclic amines) is 1. The first-order chi connectivity index (χ1) is 11.7. The predicted octanol–water partition coefficient (Wildman–Crippen LogP) is 1.69. The van der Waals surface area contributed by atoms with Crippen molar-refractivity contribution in [1.82, 2.24) is 9.80 Å². The molecule has 2 aliphatic rings. The van der Waals surface area contributed by atoms with E-state index in [-0.39, 0.29) is 24.5 Å². The van der Waals surface area contributed by atoms with Gasteiger partial charge in [0.1, 0.15) is 12.6 Å². The highest BCUT2D eigenvalue weighted by molar-refractivity contribution is 5.90. The van der Waals surface area contributed by atoms with E-state index < -0.39 is 6.10 Å². The van der Waals surface area contributed by atoms with Crippen molar-refractivity contribution in [2.45, 2.75) is 38.8 Å². The highest BCUT2D eigenvalue weighted by Gasteiger charge is 2.40. The number of para-hydroxylation sites is 2. The minimum Gasteiger partial charge on any atom is -0.485 e. The minimum absolute atomic E-state index is 0.0305. The topological polar surface area (TPSA) is 59.1 Å². The van der Waals surface area contributed by atoms with Crippen molar-refractivity contribution in [2.75, 3.05) is 26.2 Å². The number of carbonyl (C=O) groups excluding carboxylic acids is 2. The van der Waals surface area contributed by atoms with Crippen LogP contribution in [0.25, 0.3) is 0 Å². The van der Waals surface area contributed by atoms with Crippen molar-refractivity contribution >= 4 is 11.8 Å². The predicted molar refractivity (Wildman–Crippen MR) is 89.0 cm³/mol. The Bertz CT molecular complexity index is 615. The zero-order valence-electron chi connectivity index (χ0n) is 14.2. The van der Waals surface area contributed by atoms with Crippen molar-refractivity contribution in [2.24, 2.45) is 0 Å². The third-order valence-corrected chi connectivity index (χ3v) is 4.68. The van der Waals surface area contributed by atoms with Gasteiger partial charge in [0.2, 0.25) is 12.0 Å². The summed E-state index contributed by atoms with van der Waals surface area (Å²) in [5.41, 5.74) is 0. The van der Waals surface area contributed by atoms with Gasteiger partial charge in [-0.2, -0.15) is 0 Å². The molecule has 1 saturated heterocycles. The first kappa shape index (κ1) is 16.6. The Labute approximate surface area is 142 Å². The van der Waals surface area contributed by atoms with Crippen LogP contribution in [0.2, 0.25) is 0 Å². The summed E-state index contributed by atoms with van der Waals surface area (Å²) in [7, 11) is 0. The van der Waals surface area contributed by atoms with Crippen LogP contribution in [0.15, 0.2) is 24.3 Å². The second-order valence-corrected chi connectivity index (χ2v) is 6.06. The van der Waals surface area contributed by atoms with Crippen molar-refractivity contribution in [3.05, 3.63) is 24.3 Å². The van der Waals surface area contributed by atoms with E-state index in [0.717, 1.165) is 6.42 Å². The minimum atomic E-state index is -0.690. The van der Waals surface area contributed by atoms with Crippen molar-refractivity contribution in [3.8, 4) is 11.5 Å². The zero-order valence-corrected chi connectivity index (χ0v) is 14.2. The van der Waals surface area contributed by atoms with Gasteiger partial charge in [-0.25, -0.2) is 0 Å². The standard InChI is InChI=1S/C18H24N2O4/c1-3-19(4-2)17(21)13-8-7-11-20(13)18(22)16-12-23-14-9-5-6-10-15(14)24-16/h5-6,9-10,13,16H,3-4,7-8,11-12H2,1-2H3/t13-,16-/m0/s1. The number of rotatable bonds is 4. The van der Waals surface area contributed by atoms with E-state index in [1.807, 2.05) is 32.0 Å². The monoisotopic (exact) mass is 332 g/mol. The summed E-state index contributed by atoms with van der Waals surface area (Å²) < 4.78 is 11.4. The molecule has 1 aromatic carbocycles. The molecule has 6 nitrogen and oxygen atoms in total. The number of amides is 2. The van der Waals surface area contributed by atoms with E-state index in [1.54, 1.807) is 15.9 Å². The number of benzene rings is 1. The molecule has 1 fully saturated rings. The Kier molecular flexibility index (Phi) is 4.92. The van der Waals surface area contributed by atoms with Gasteiger partial charge in [0.05, 0.1) is 0 Å². The quantitative estimate of drug-likeness (QED) is 0.842. The van der Waals surface area contributed by atoms with E-state index in [0.29, 0.717) is 37.6 Å². The van der Waals surface area contributed by atoms with Crippen LogP contribution in [0, 0.1) is 0 Å². The SMILES string of the molecule is CCN(CC)C(=O)[C@@H]1CCCN1C(=O)[C@@H]1COc2ccccc2O1. The third-order valence-electron chi connectivity index (χ3n) is 4.68. The number of hydrogen-bond donors (Lipinski definition) is 0. The van der Waals surface area contributed by atoms with Gasteiger partial charge >= 0.3 is 0 Å². The van der Waals surface area contributed by atoms with Gasteiger partial charge in [-0.05, 0) is 38.8 Å². The molecule has 2 atom stereocenters. The molecule has 0 bridgehead atoms. The van der Waals surface area contributed by atoms with E-state index in [4.69, 9.17) is 9.47 Å². The molecule has 0 N–H and O–H groups in total. The van der Waals surface area contributed by atoms with Crippen LogP contribution in [-0.4, -0.2) is 60.0 Å². The summed E-state index contributed by atoms with van der Waals surface area (Å²) in [6.07, 6.45) is 0.865. The molecule has 130 valence electrons. The molecular weight excluding hydrogens is 308 g/mol. The maximum absolute atomic E-state index is 12.9. The normalized spacial score (nSPS) is 22.3. The summed E-state index contributed by atoms with van der Waals surface area (Å²) >= 11 is 0. The third kappa shape index (κ3) is 3.05. The highest BCUT2D eigenvalue weighted by atomic mass is 16.6. The van der Waals surface area contributed by atoms with Crippen LogP contribution >= 0.6 is 0 Å². The fourth-order valence-electron chi connectivity index (χ4n) is 3.36. The first-order valence-corrected chi connectivity index (χ1v) is 8.63. The maximum atomic E-state index is 12.9.